The number of nitrogens with two attached hydrogens (primary N) is 1. The number of benzene rings is 3. The van der Waals surface area contributed by atoms with Gasteiger partial charge in [0.25, 0.3) is 5.69 Å². The number of hydrogen-bond donors (Lipinski definition) is 2. The largest absolute Gasteiger partial charge is 0.366 e. The van der Waals surface area contributed by atoms with Gasteiger partial charge in [0.1, 0.15) is 0 Å². The predicted molar refractivity (Wildman–Crippen MR) is 120 cm³/mol. The monoisotopic (exact) mass is 435 g/mol. The Kier molecular flexibility index (Phi) is 7.04. The number of rotatable bonds is 8. The fourth-order valence-electron chi connectivity index (χ4n) is 3.04. The molecule has 7 nitrogen and oxygen atoms in total. The smallest absolute Gasteiger partial charge is 0.283 e. The van der Waals surface area contributed by atoms with Crippen LogP contribution < -0.4 is 11.1 Å². The first-order valence-corrected chi connectivity index (χ1v) is 10.5. The van der Waals surface area contributed by atoms with Gasteiger partial charge in [-0.05, 0) is 30.2 Å². The maximum atomic E-state index is 12.7. The number of nitro benzene ring substituents is 1. The molecule has 0 saturated carbocycles. The summed E-state index contributed by atoms with van der Waals surface area (Å²) >= 11 is 1.03. The van der Waals surface area contributed by atoms with Crippen LogP contribution in [0.3, 0.4) is 0 Å². The standard InChI is InChI=1S/C23H21N3O4S/c1-15-7-9-17(10-8-15)22(16-5-3-2-4-6-16)25-21(27)14-31-20-12-11-18(23(24)28)13-19(20)26(29)30/h2-13,22H,14H2,1H3,(H2,24,28)(H,25,27). The van der Waals surface area contributed by atoms with E-state index in [1.807, 2.05) is 61.5 Å². The van der Waals surface area contributed by atoms with Gasteiger partial charge in [-0.25, -0.2) is 0 Å². The van der Waals surface area contributed by atoms with Crippen molar-refractivity contribution in [2.24, 2.45) is 5.73 Å². The molecule has 158 valence electrons. The maximum absolute atomic E-state index is 12.7. The molecule has 0 bridgehead atoms. The second kappa shape index (κ2) is 9.90. The van der Waals surface area contributed by atoms with Gasteiger partial charge in [0.2, 0.25) is 11.8 Å². The van der Waals surface area contributed by atoms with Crippen LogP contribution in [0.4, 0.5) is 5.69 Å². The highest BCUT2D eigenvalue weighted by molar-refractivity contribution is 8.00. The number of aryl methyl sites for hydroxylation is 1. The Morgan fingerprint density at radius 3 is 2.29 bits per heavy atom. The van der Waals surface area contributed by atoms with E-state index in [1.165, 1.54) is 12.1 Å². The third kappa shape index (κ3) is 5.70. The van der Waals surface area contributed by atoms with Crippen molar-refractivity contribution in [3.63, 3.8) is 0 Å². The lowest BCUT2D eigenvalue weighted by atomic mass is 9.98. The van der Waals surface area contributed by atoms with Crippen molar-refractivity contribution in [1.29, 1.82) is 0 Å². The molecule has 0 saturated heterocycles. The van der Waals surface area contributed by atoms with E-state index in [4.69, 9.17) is 5.73 Å². The Hall–Kier alpha value is -3.65. The zero-order valence-corrected chi connectivity index (χ0v) is 17.6. The second-order valence-corrected chi connectivity index (χ2v) is 7.93. The number of hydrogen-bond acceptors (Lipinski definition) is 5. The van der Waals surface area contributed by atoms with E-state index in [1.54, 1.807) is 0 Å². The van der Waals surface area contributed by atoms with Gasteiger partial charge in [0, 0.05) is 11.6 Å². The Balaban J connectivity index is 1.77. The van der Waals surface area contributed by atoms with Crippen molar-refractivity contribution < 1.29 is 14.5 Å². The zero-order chi connectivity index (χ0) is 22.4. The lowest BCUT2D eigenvalue weighted by Crippen LogP contribution is -2.30. The molecular weight excluding hydrogens is 414 g/mol. The normalized spacial score (nSPS) is 11.5. The van der Waals surface area contributed by atoms with Crippen molar-refractivity contribution in [2.45, 2.75) is 17.9 Å². The Morgan fingerprint density at radius 1 is 1.03 bits per heavy atom. The van der Waals surface area contributed by atoms with Gasteiger partial charge >= 0.3 is 0 Å². The lowest BCUT2D eigenvalue weighted by Gasteiger charge is -2.20. The van der Waals surface area contributed by atoms with Gasteiger partial charge in [0.05, 0.1) is 21.6 Å². The fraction of sp³-hybridized carbons (Fsp3) is 0.130. The molecule has 0 fully saturated rings. The first-order valence-electron chi connectivity index (χ1n) is 9.47. The van der Waals surface area contributed by atoms with E-state index in [9.17, 15) is 19.7 Å². The first-order chi connectivity index (χ1) is 14.8. The van der Waals surface area contributed by atoms with Crippen molar-refractivity contribution in [3.8, 4) is 0 Å². The average Bonchev–Trinajstić information content (AvgIpc) is 2.77. The number of nitrogens with one attached hydrogen (secondary N) is 1. The molecule has 31 heavy (non-hydrogen) atoms. The highest BCUT2D eigenvalue weighted by Crippen LogP contribution is 2.30. The van der Waals surface area contributed by atoms with E-state index in [2.05, 4.69) is 5.32 Å². The van der Waals surface area contributed by atoms with Crippen LogP contribution >= 0.6 is 11.8 Å². The van der Waals surface area contributed by atoms with Gasteiger partial charge in [-0.3, -0.25) is 19.7 Å². The summed E-state index contributed by atoms with van der Waals surface area (Å²) < 4.78 is 0. The molecule has 1 atom stereocenters. The van der Waals surface area contributed by atoms with E-state index in [0.29, 0.717) is 0 Å². The van der Waals surface area contributed by atoms with Gasteiger partial charge in [-0.1, -0.05) is 60.2 Å². The number of amides is 2. The van der Waals surface area contributed by atoms with Crippen LogP contribution in [0.2, 0.25) is 0 Å². The summed E-state index contributed by atoms with van der Waals surface area (Å²) in [5.41, 5.74) is 7.97. The summed E-state index contributed by atoms with van der Waals surface area (Å²) in [6.45, 7) is 1.99. The molecule has 0 aliphatic carbocycles. The molecule has 0 spiro atoms. The summed E-state index contributed by atoms with van der Waals surface area (Å²) in [6, 6.07) is 21.1. The molecule has 3 aromatic rings. The minimum Gasteiger partial charge on any atom is -0.366 e. The zero-order valence-electron chi connectivity index (χ0n) is 16.8. The van der Waals surface area contributed by atoms with Gasteiger partial charge in [-0.15, -0.1) is 11.8 Å². The van der Waals surface area contributed by atoms with Crippen LogP contribution in [-0.2, 0) is 4.79 Å². The Morgan fingerprint density at radius 2 is 1.68 bits per heavy atom. The molecule has 3 aromatic carbocycles. The molecule has 0 aromatic heterocycles. The summed E-state index contributed by atoms with van der Waals surface area (Å²) in [7, 11) is 0. The van der Waals surface area contributed by atoms with Crippen molar-refractivity contribution in [3.05, 3.63) is 105 Å². The van der Waals surface area contributed by atoms with Crippen LogP contribution in [0.5, 0.6) is 0 Å². The quantitative estimate of drug-likeness (QED) is 0.315. The summed E-state index contributed by atoms with van der Waals surface area (Å²) in [4.78, 5) is 35.1. The molecule has 0 aliphatic rings. The van der Waals surface area contributed by atoms with Crippen molar-refractivity contribution in [1.82, 2.24) is 5.32 Å². The number of nitrogens with zero attached hydrogens (tertiary/aromatic N) is 1. The minimum absolute atomic E-state index is 0.0219. The van der Waals surface area contributed by atoms with E-state index in [-0.39, 0.29) is 33.8 Å². The number of carbonyl (C=O) groups excluding carboxylic acids is 2. The lowest BCUT2D eigenvalue weighted by molar-refractivity contribution is -0.387. The molecular formula is C23H21N3O4S. The molecule has 0 heterocycles. The van der Waals surface area contributed by atoms with Crippen LogP contribution in [-0.4, -0.2) is 22.5 Å². The fourth-order valence-corrected chi connectivity index (χ4v) is 3.86. The van der Waals surface area contributed by atoms with E-state index < -0.39 is 10.8 Å². The third-order valence-corrected chi connectivity index (χ3v) is 5.71. The summed E-state index contributed by atoms with van der Waals surface area (Å²) in [5, 5.41) is 14.4. The molecule has 0 radical (unpaired) electrons. The average molecular weight is 436 g/mol. The van der Waals surface area contributed by atoms with Gasteiger partial charge in [-0.2, -0.15) is 0 Å². The second-order valence-electron chi connectivity index (χ2n) is 6.91. The van der Waals surface area contributed by atoms with Crippen LogP contribution in [0.25, 0.3) is 0 Å². The van der Waals surface area contributed by atoms with Crippen LogP contribution in [0.15, 0.2) is 77.7 Å². The number of carbonyl (C=O) groups is 2. The first kappa shape index (κ1) is 22.0. The Labute approximate surface area is 183 Å². The SMILES string of the molecule is Cc1ccc(C(NC(=O)CSc2ccc(C(N)=O)cc2[N+](=O)[O-])c2ccccc2)cc1. The van der Waals surface area contributed by atoms with Crippen molar-refractivity contribution in [2.75, 3.05) is 5.75 Å². The third-order valence-electron chi connectivity index (χ3n) is 4.65. The number of nitro groups is 1. The molecule has 0 aliphatic heterocycles. The molecule has 2 amide bonds. The predicted octanol–water partition coefficient (Wildman–Crippen LogP) is 4.00. The van der Waals surface area contributed by atoms with Gasteiger partial charge < -0.3 is 11.1 Å². The van der Waals surface area contributed by atoms with E-state index in [0.717, 1.165) is 34.5 Å². The van der Waals surface area contributed by atoms with Crippen molar-refractivity contribution >= 4 is 29.3 Å². The highest BCUT2D eigenvalue weighted by atomic mass is 32.2. The summed E-state index contributed by atoms with van der Waals surface area (Å²) in [6.07, 6.45) is 0. The molecule has 8 heteroatoms. The minimum atomic E-state index is -0.749. The Bertz CT molecular complexity index is 1100. The maximum Gasteiger partial charge on any atom is 0.283 e. The van der Waals surface area contributed by atoms with Gasteiger partial charge in [0.15, 0.2) is 0 Å². The van der Waals surface area contributed by atoms with Crippen LogP contribution in [0.1, 0.15) is 33.1 Å². The molecule has 1 unspecified atom stereocenters. The highest BCUT2D eigenvalue weighted by Gasteiger charge is 2.20. The molecule has 3 N–H and O–H groups in total. The van der Waals surface area contributed by atoms with E-state index >= 15 is 0 Å². The summed E-state index contributed by atoms with van der Waals surface area (Å²) in [5.74, 6) is -1.04. The topological polar surface area (TPSA) is 115 Å². The number of thioether (sulfide) groups is 1. The number of primary amides is 1. The van der Waals surface area contributed by atoms with Crippen LogP contribution in [0, 0.1) is 17.0 Å². The molecule has 3 rings (SSSR count).